The maximum Gasteiger partial charge on any atom is 0.252 e. The van der Waals surface area contributed by atoms with Crippen molar-refractivity contribution in [2.45, 2.75) is 63.9 Å². The zero-order chi connectivity index (χ0) is 24.3. The van der Waals surface area contributed by atoms with Gasteiger partial charge < -0.3 is 15.7 Å². The predicted molar refractivity (Wildman–Crippen MR) is 127 cm³/mol. The van der Waals surface area contributed by atoms with Gasteiger partial charge >= 0.3 is 0 Å². The zero-order valence-corrected chi connectivity index (χ0v) is 19.8. The first-order valence-electron chi connectivity index (χ1n) is 11.9. The third kappa shape index (κ3) is 5.45. The molecule has 3 N–H and O–H groups in total. The number of likely N-dealkylation sites (tertiary alicyclic amines) is 1. The molecule has 1 saturated carbocycles. The molecule has 0 bridgehead atoms. The second-order valence-electron chi connectivity index (χ2n) is 9.65. The molecule has 2 aromatic rings. The van der Waals surface area contributed by atoms with Crippen LogP contribution < -0.4 is 10.6 Å². The highest BCUT2D eigenvalue weighted by Gasteiger charge is 2.40. The number of nitrogens with one attached hydrogen (secondary N) is 2. The fourth-order valence-corrected chi connectivity index (χ4v) is 4.93. The van der Waals surface area contributed by atoms with Crippen LogP contribution in [0.5, 0.6) is 0 Å². The van der Waals surface area contributed by atoms with Gasteiger partial charge in [-0.2, -0.15) is 0 Å². The molecule has 2 amide bonds. The van der Waals surface area contributed by atoms with E-state index in [1.54, 1.807) is 24.4 Å². The number of pyridine rings is 1. The molecule has 1 saturated heterocycles. The molecule has 7 nitrogen and oxygen atoms in total. The number of amides is 2. The van der Waals surface area contributed by atoms with Gasteiger partial charge in [-0.25, -0.2) is 4.39 Å². The predicted octanol–water partition coefficient (Wildman–Crippen LogP) is 2.53. The summed E-state index contributed by atoms with van der Waals surface area (Å²) in [7, 11) is 0. The molecule has 8 heteroatoms. The Bertz CT molecular complexity index is 1030. The normalized spacial score (nSPS) is 23.2. The number of halogens is 1. The number of alkyl halides is 1. The fraction of sp³-hybridized carbons (Fsp3) is 0.500. The van der Waals surface area contributed by atoms with Crippen molar-refractivity contribution in [2.75, 3.05) is 19.6 Å². The minimum atomic E-state index is -0.812. The van der Waals surface area contributed by atoms with Crippen LogP contribution >= 0.6 is 0 Å². The molecule has 2 heterocycles. The van der Waals surface area contributed by atoms with Gasteiger partial charge in [-0.1, -0.05) is 23.8 Å². The summed E-state index contributed by atoms with van der Waals surface area (Å²) in [6.45, 7) is 4.42. The Kier molecular flexibility index (Phi) is 7.28. The molecule has 0 atom stereocenters. The highest BCUT2D eigenvalue weighted by atomic mass is 19.1. The molecule has 34 heavy (non-hydrogen) atoms. The van der Waals surface area contributed by atoms with Gasteiger partial charge in [-0.3, -0.25) is 19.5 Å². The first-order chi connectivity index (χ1) is 16.3. The number of carbonyl (C=O) groups is 2. The standard InChI is InChI=1S/C26H33FN4O3/c1-17-3-5-19(12-27)23(11-17)25(33)29-14-24(32)30-21-15-31(16-21)22-7-9-26(34,10-8-22)20-6-4-18(2)28-13-20/h3-6,11,13,21-22,34H,7-10,12,14-16H2,1-2H3,(H,29,33)(H,30,32). The van der Waals surface area contributed by atoms with Crippen molar-refractivity contribution in [3.05, 3.63) is 64.5 Å². The number of aliphatic hydroxyl groups is 1. The van der Waals surface area contributed by atoms with Crippen LogP contribution in [0, 0.1) is 13.8 Å². The SMILES string of the molecule is Cc1ccc(CF)c(C(=O)NCC(=O)NC2CN(C3CCC(O)(c4ccc(C)nc4)CC3)C2)c1. The number of hydrogen-bond acceptors (Lipinski definition) is 5. The van der Waals surface area contributed by atoms with Crippen LogP contribution in [-0.4, -0.2) is 58.5 Å². The maximum atomic E-state index is 13.2. The van der Waals surface area contributed by atoms with Gasteiger partial charge in [0.25, 0.3) is 5.91 Å². The fourth-order valence-electron chi connectivity index (χ4n) is 4.93. The summed E-state index contributed by atoms with van der Waals surface area (Å²) in [6.07, 6.45) is 4.97. The quantitative estimate of drug-likeness (QED) is 0.581. The zero-order valence-electron chi connectivity index (χ0n) is 19.8. The maximum absolute atomic E-state index is 13.2. The van der Waals surface area contributed by atoms with E-state index in [0.29, 0.717) is 24.4 Å². The molecular weight excluding hydrogens is 435 g/mol. The summed E-state index contributed by atoms with van der Waals surface area (Å²) < 4.78 is 13.2. The van der Waals surface area contributed by atoms with Gasteiger partial charge in [-0.15, -0.1) is 0 Å². The lowest BCUT2D eigenvalue weighted by Crippen LogP contribution is -2.63. The van der Waals surface area contributed by atoms with Crippen LogP contribution in [0.2, 0.25) is 0 Å². The summed E-state index contributed by atoms with van der Waals surface area (Å²) in [5, 5.41) is 16.6. The van der Waals surface area contributed by atoms with Crippen LogP contribution in [0.3, 0.4) is 0 Å². The van der Waals surface area contributed by atoms with Gasteiger partial charge in [0, 0.05) is 42.1 Å². The van der Waals surface area contributed by atoms with Gasteiger partial charge in [0.2, 0.25) is 5.91 Å². The van der Waals surface area contributed by atoms with Crippen molar-refractivity contribution in [3.63, 3.8) is 0 Å². The first-order valence-corrected chi connectivity index (χ1v) is 11.9. The minimum Gasteiger partial charge on any atom is -0.385 e. The van der Waals surface area contributed by atoms with Crippen LogP contribution in [0.15, 0.2) is 36.5 Å². The summed E-state index contributed by atoms with van der Waals surface area (Å²) >= 11 is 0. The Balaban J connectivity index is 1.18. The van der Waals surface area contributed by atoms with Gasteiger partial charge in [0.05, 0.1) is 18.2 Å². The smallest absolute Gasteiger partial charge is 0.252 e. The summed E-state index contributed by atoms with van der Waals surface area (Å²) in [4.78, 5) is 31.3. The number of aromatic nitrogens is 1. The highest BCUT2D eigenvalue weighted by Crippen LogP contribution is 2.39. The number of benzene rings is 1. The van der Waals surface area contributed by atoms with E-state index in [-0.39, 0.29) is 24.1 Å². The number of nitrogens with zero attached hydrogens (tertiary/aromatic N) is 2. The molecule has 2 aliphatic rings. The average molecular weight is 469 g/mol. The lowest BCUT2D eigenvalue weighted by molar-refractivity contribution is -0.122. The largest absolute Gasteiger partial charge is 0.385 e. The first kappa shape index (κ1) is 24.3. The van der Waals surface area contributed by atoms with E-state index in [9.17, 15) is 19.1 Å². The van der Waals surface area contributed by atoms with Crippen molar-refractivity contribution in [1.29, 1.82) is 0 Å². The lowest BCUT2D eigenvalue weighted by atomic mass is 9.77. The lowest BCUT2D eigenvalue weighted by Gasteiger charge is -2.48. The minimum absolute atomic E-state index is 0.0480. The van der Waals surface area contributed by atoms with Crippen LogP contribution in [-0.2, 0) is 17.1 Å². The van der Waals surface area contributed by atoms with Gasteiger partial charge in [0.15, 0.2) is 0 Å². The van der Waals surface area contributed by atoms with Gasteiger partial charge in [0.1, 0.15) is 6.67 Å². The molecule has 0 radical (unpaired) electrons. The van der Waals surface area contributed by atoms with Crippen molar-refractivity contribution >= 4 is 11.8 Å². The van der Waals surface area contributed by atoms with E-state index in [4.69, 9.17) is 0 Å². The molecule has 1 aliphatic heterocycles. The summed E-state index contributed by atoms with van der Waals surface area (Å²) in [5.74, 6) is -0.697. The van der Waals surface area contributed by atoms with E-state index < -0.39 is 18.2 Å². The molecule has 0 spiro atoms. The van der Waals surface area contributed by atoms with E-state index in [2.05, 4.69) is 20.5 Å². The van der Waals surface area contributed by atoms with E-state index >= 15 is 0 Å². The second-order valence-corrected chi connectivity index (χ2v) is 9.65. The van der Waals surface area contributed by atoms with E-state index in [1.165, 1.54) is 0 Å². The molecule has 1 aromatic carbocycles. The number of aryl methyl sites for hydroxylation is 2. The van der Waals surface area contributed by atoms with E-state index in [0.717, 1.165) is 42.8 Å². The second kappa shape index (κ2) is 10.2. The van der Waals surface area contributed by atoms with Crippen LogP contribution in [0.1, 0.15) is 58.4 Å². The molecule has 1 aromatic heterocycles. The molecule has 0 unspecified atom stereocenters. The van der Waals surface area contributed by atoms with E-state index in [1.807, 2.05) is 26.0 Å². The Morgan fingerprint density at radius 2 is 1.91 bits per heavy atom. The van der Waals surface area contributed by atoms with Crippen molar-refractivity contribution in [3.8, 4) is 0 Å². The van der Waals surface area contributed by atoms with Crippen molar-refractivity contribution in [2.24, 2.45) is 0 Å². The van der Waals surface area contributed by atoms with Crippen LogP contribution in [0.25, 0.3) is 0 Å². The Labute approximate surface area is 199 Å². The average Bonchev–Trinajstić information content (AvgIpc) is 2.80. The summed E-state index contributed by atoms with van der Waals surface area (Å²) in [5.41, 5.74) is 2.45. The summed E-state index contributed by atoms with van der Waals surface area (Å²) in [6, 6.07) is 9.33. The Morgan fingerprint density at radius 1 is 1.18 bits per heavy atom. The third-order valence-electron chi connectivity index (χ3n) is 7.09. The molecule has 4 rings (SSSR count). The highest BCUT2D eigenvalue weighted by molar-refractivity contribution is 5.97. The molecular formula is C26H33FN4O3. The van der Waals surface area contributed by atoms with Crippen LogP contribution in [0.4, 0.5) is 4.39 Å². The molecule has 2 fully saturated rings. The number of hydrogen-bond donors (Lipinski definition) is 3. The topological polar surface area (TPSA) is 94.6 Å². The Morgan fingerprint density at radius 3 is 2.56 bits per heavy atom. The number of carbonyl (C=O) groups excluding carboxylic acids is 2. The third-order valence-corrected chi connectivity index (χ3v) is 7.09. The Hall–Kier alpha value is -2.84. The number of rotatable bonds is 7. The molecule has 1 aliphatic carbocycles. The van der Waals surface area contributed by atoms with Gasteiger partial charge in [-0.05, 0) is 57.2 Å². The van der Waals surface area contributed by atoms with Crippen molar-refractivity contribution < 1.29 is 19.1 Å². The monoisotopic (exact) mass is 468 g/mol. The molecule has 182 valence electrons. The van der Waals surface area contributed by atoms with Crippen molar-refractivity contribution in [1.82, 2.24) is 20.5 Å².